The average Bonchev–Trinajstić information content (AvgIpc) is 2.84. The van der Waals surface area contributed by atoms with Gasteiger partial charge in [0, 0.05) is 5.56 Å². The van der Waals surface area contributed by atoms with Crippen LogP contribution < -0.4 is 4.74 Å². The summed E-state index contributed by atoms with van der Waals surface area (Å²) in [5.41, 5.74) is 1.74. The fourth-order valence-corrected chi connectivity index (χ4v) is 5.28. The molecule has 1 unspecified atom stereocenters. The predicted octanol–water partition coefficient (Wildman–Crippen LogP) is 8.45. The van der Waals surface area contributed by atoms with E-state index in [-0.39, 0.29) is 29.8 Å². The molecule has 2 aromatic rings. The molecule has 1 atom stereocenters. The van der Waals surface area contributed by atoms with Gasteiger partial charge in [0.2, 0.25) is 5.82 Å². The maximum atomic E-state index is 15.0. The van der Waals surface area contributed by atoms with Gasteiger partial charge in [-0.25, -0.2) is 13.2 Å². The first-order valence-electron chi connectivity index (χ1n) is 11.8. The summed E-state index contributed by atoms with van der Waals surface area (Å²) in [6, 6.07) is 6.41. The molecule has 0 N–H and O–H groups in total. The SMILES string of the molecule is C=CC1CCC(c2ccc(C3=CCC(c4ccc(OCC)c(F)c4F)CC3)c(F)c2F)CC1. The number of benzene rings is 2. The molecule has 4 rings (SSSR count). The van der Waals surface area contributed by atoms with Gasteiger partial charge in [0.05, 0.1) is 6.61 Å². The zero-order valence-corrected chi connectivity index (χ0v) is 19.0. The Morgan fingerprint density at radius 1 is 0.848 bits per heavy atom. The summed E-state index contributed by atoms with van der Waals surface area (Å²) in [5, 5.41) is 0. The molecule has 1 fully saturated rings. The van der Waals surface area contributed by atoms with Crippen molar-refractivity contribution in [2.45, 2.75) is 63.7 Å². The zero-order valence-electron chi connectivity index (χ0n) is 19.0. The van der Waals surface area contributed by atoms with Crippen molar-refractivity contribution in [1.29, 1.82) is 0 Å². The molecular formula is C28H30F4O. The van der Waals surface area contributed by atoms with E-state index in [0.717, 1.165) is 31.3 Å². The van der Waals surface area contributed by atoms with Gasteiger partial charge >= 0.3 is 0 Å². The van der Waals surface area contributed by atoms with Gasteiger partial charge < -0.3 is 4.74 Å². The van der Waals surface area contributed by atoms with E-state index in [4.69, 9.17) is 4.74 Å². The van der Waals surface area contributed by atoms with Crippen LogP contribution >= 0.6 is 0 Å². The molecule has 2 aromatic carbocycles. The Labute approximate surface area is 193 Å². The Balaban J connectivity index is 1.51. The second kappa shape index (κ2) is 10.1. The number of hydrogen-bond donors (Lipinski definition) is 0. The topological polar surface area (TPSA) is 9.23 Å². The summed E-state index contributed by atoms with van der Waals surface area (Å²) in [6.45, 7) is 5.80. The highest BCUT2D eigenvalue weighted by molar-refractivity contribution is 5.67. The highest BCUT2D eigenvalue weighted by Crippen LogP contribution is 2.42. The van der Waals surface area contributed by atoms with E-state index in [9.17, 15) is 13.2 Å². The minimum Gasteiger partial charge on any atom is -0.491 e. The lowest BCUT2D eigenvalue weighted by Crippen LogP contribution is -2.14. The van der Waals surface area contributed by atoms with Crippen molar-refractivity contribution in [2.24, 2.45) is 5.92 Å². The molecule has 0 saturated heterocycles. The molecule has 0 bridgehead atoms. The number of halogens is 4. The molecule has 1 nitrogen and oxygen atoms in total. The van der Waals surface area contributed by atoms with Gasteiger partial charge in [-0.3, -0.25) is 0 Å². The van der Waals surface area contributed by atoms with Crippen LogP contribution in [0.1, 0.15) is 80.4 Å². The van der Waals surface area contributed by atoms with Crippen molar-refractivity contribution in [1.82, 2.24) is 0 Å². The van der Waals surface area contributed by atoms with Crippen molar-refractivity contribution in [3.63, 3.8) is 0 Å². The van der Waals surface area contributed by atoms with Crippen LogP contribution in [0.5, 0.6) is 5.75 Å². The standard InChI is InChI=1S/C28H30F4O/c1-3-17-5-7-18(8-6-17)21-13-14-22(26(30)25(21)29)19-9-11-20(12-10-19)23-15-16-24(33-4-2)28(32)27(23)31/h3,9,13-18,20H,1,4-8,10-12H2,2H3. The quantitative estimate of drug-likeness (QED) is 0.312. The molecule has 2 aliphatic rings. The minimum absolute atomic E-state index is 0.0343. The fraction of sp³-hybridized carbons (Fsp3) is 0.429. The monoisotopic (exact) mass is 458 g/mol. The largest absolute Gasteiger partial charge is 0.491 e. The Bertz CT molecular complexity index is 1050. The molecule has 1 saturated carbocycles. The number of allylic oxidation sites excluding steroid dienone is 3. The van der Waals surface area contributed by atoms with Crippen LogP contribution in [0.4, 0.5) is 17.6 Å². The zero-order chi connectivity index (χ0) is 23.5. The Kier molecular flexibility index (Phi) is 7.26. The van der Waals surface area contributed by atoms with Crippen LogP contribution in [0.3, 0.4) is 0 Å². The first-order chi connectivity index (χ1) is 15.9. The molecule has 2 aliphatic carbocycles. The van der Waals surface area contributed by atoms with Gasteiger partial charge in [0.1, 0.15) is 0 Å². The van der Waals surface area contributed by atoms with Crippen LogP contribution in [0.25, 0.3) is 5.57 Å². The second-order valence-electron chi connectivity index (χ2n) is 9.09. The van der Waals surface area contributed by atoms with Gasteiger partial charge in [-0.05, 0) is 92.4 Å². The first-order valence-corrected chi connectivity index (χ1v) is 11.8. The highest BCUT2D eigenvalue weighted by atomic mass is 19.2. The highest BCUT2D eigenvalue weighted by Gasteiger charge is 2.28. The van der Waals surface area contributed by atoms with Gasteiger partial charge in [-0.2, -0.15) is 4.39 Å². The van der Waals surface area contributed by atoms with E-state index in [1.807, 2.05) is 12.2 Å². The molecule has 5 heteroatoms. The van der Waals surface area contributed by atoms with Crippen LogP contribution in [-0.2, 0) is 0 Å². The van der Waals surface area contributed by atoms with Crippen molar-refractivity contribution in [3.8, 4) is 5.75 Å². The van der Waals surface area contributed by atoms with Crippen LogP contribution in [-0.4, -0.2) is 6.61 Å². The van der Waals surface area contributed by atoms with Gasteiger partial charge in [0.15, 0.2) is 23.2 Å². The van der Waals surface area contributed by atoms with E-state index in [1.165, 1.54) is 6.07 Å². The van der Waals surface area contributed by atoms with Crippen molar-refractivity contribution >= 4 is 5.57 Å². The Morgan fingerprint density at radius 3 is 2.15 bits per heavy atom. The summed E-state index contributed by atoms with van der Waals surface area (Å²) in [5.74, 6) is -3.24. The molecular weight excluding hydrogens is 428 g/mol. The fourth-order valence-electron chi connectivity index (χ4n) is 5.28. The molecule has 0 aliphatic heterocycles. The molecule has 0 radical (unpaired) electrons. The first kappa shape index (κ1) is 23.6. The van der Waals surface area contributed by atoms with Crippen LogP contribution in [0, 0.1) is 29.2 Å². The molecule has 0 aromatic heterocycles. The summed E-state index contributed by atoms with van der Waals surface area (Å²) in [4.78, 5) is 0. The van der Waals surface area contributed by atoms with E-state index in [0.29, 0.717) is 36.3 Å². The normalized spacial score (nSPS) is 23.2. The third-order valence-corrected chi connectivity index (χ3v) is 7.23. The van der Waals surface area contributed by atoms with E-state index < -0.39 is 23.3 Å². The molecule has 176 valence electrons. The Morgan fingerprint density at radius 2 is 1.52 bits per heavy atom. The third kappa shape index (κ3) is 4.73. The average molecular weight is 459 g/mol. The molecule has 0 amide bonds. The summed E-state index contributed by atoms with van der Waals surface area (Å²) >= 11 is 0. The number of ether oxygens (including phenoxy) is 1. The van der Waals surface area contributed by atoms with Gasteiger partial charge in [-0.15, -0.1) is 6.58 Å². The van der Waals surface area contributed by atoms with Crippen molar-refractivity contribution < 1.29 is 22.3 Å². The van der Waals surface area contributed by atoms with E-state index in [1.54, 1.807) is 25.1 Å². The second-order valence-corrected chi connectivity index (χ2v) is 9.09. The third-order valence-electron chi connectivity index (χ3n) is 7.23. The number of hydrogen-bond acceptors (Lipinski definition) is 1. The van der Waals surface area contributed by atoms with Crippen molar-refractivity contribution in [2.75, 3.05) is 6.61 Å². The van der Waals surface area contributed by atoms with Crippen LogP contribution in [0.2, 0.25) is 0 Å². The minimum atomic E-state index is -0.977. The Hall–Kier alpha value is -2.56. The van der Waals surface area contributed by atoms with E-state index >= 15 is 4.39 Å². The molecule has 0 spiro atoms. The summed E-state index contributed by atoms with van der Waals surface area (Å²) in [6.07, 6.45) is 8.79. The van der Waals surface area contributed by atoms with Crippen LogP contribution in [0.15, 0.2) is 43.0 Å². The van der Waals surface area contributed by atoms with Crippen molar-refractivity contribution in [3.05, 3.63) is 83.0 Å². The van der Waals surface area contributed by atoms with E-state index in [2.05, 4.69) is 6.58 Å². The maximum Gasteiger partial charge on any atom is 0.200 e. The lowest BCUT2D eigenvalue weighted by molar-refractivity contribution is 0.312. The van der Waals surface area contributed by atoms with Gasteiger partial charge in [-0.1, -0.05) is 30.4 Å². The maximum absolute atomic E-state index is 15.0. The number of rotatable bonds is 6. The molecule has 33 heavy (non-hydrogen) atoms. The van der Waals surface area contributed by atoms with Gasteiger partial charge in [0.25, 0.3) is 0 Å². The summed E-state index contributed by atoms with van der Waals surface area (Å²) < 4.78 is 64.0. The smallest absolute Gasteiger partial charge is 0.200 e. The lowest BCUT2D eigenvalue weighted by atomic mass is 9.78. The lowest BCUT2D eigenvalue weighted by Gasteiger charge is -2.28. The predicted molar refractivity (Wildman–Crippen MR) is 123 cm³/mol. The molecule has 0 heterocycles. The summed E-state index contributed by atoms with van der Waals surface area (Å²) in [7, 11) is 0.